The number of hydrogen-bond acceptors (Lipinski definition) is 4. The smallest absolute Gasteiger partial charge is 0.250 e. The summed E-state index contributed by atoms with van der Waals surface area (Å²) in [5.74, 6) is 0. The van der Waals surface area contributed by atoms with E-state index in [1.807, 2.05) is 4.90 Å². The minimum atomic E-state index is -0.399. The number of anilines is 2. The highest BCUT2D eigenvalue weighted by Gasteiger charge is 2.29. The maximum atomic E-state index is 12.3. The van der Waals surface area contributed by atoms with Gasteiger partial charge in [0.05, 0.1) is 5.56 Å². The molecule has 27 heavy (non-hydrogen) atoms. The van der Waals surface area contributed by atoms with E-state index in [9.17, 15) is 9.59 Å². The van der Waals surface area contributed by atoms with Crippen LogP contribution in [0.1, 0.15) is 11.1 Å². The van der Waals surface area contributed by atoms with Gasteiger partial charge in [-0.3, -0.25) is 9.59 Å². The molecule has 0 unspecified atom stereocenters. The van der Waals surface area contributed by atoms with Crippen LogP contribution in [0.3, 0.4) is 0 Å². The number of halogens is 1. The van der Waals surface area contributed by atoms with Crippen LogP contribution < -0.4 is 20.7 Å². The Morgan fingerprint density at radius 2 is 1.44 bits per heavy atom. The predicted octanol–water partition coefficient (Wildman–Crippen LogP) is 3.55. The van der Waals surface area contributed by atoms with Crippen LogP contribution in [0.2, 0.25) is 5.02 Å². The van der Waals surface area contributed by atoms with Crippen LogP contribution in [0.25, 0.3) is 11.1 Å². The lowest BCUT2D eigenvalue weighted by Gasteiger charge is -2.38. The molecule has 0 saturated carbocycles. The SMILES string of the molecule is Cc1ccc(N2CCN(c3c(-c4ccc(Cl)cc4)c(=O)c3=O)CC2)c(C)c1. The molecule has 5 heteroatoms. The summed E-state index contributed by atoms with van der Waals surface area (Å²) in [5, 5.41) is 0.612. The van der Waals surface area contributed by atoms with E-state index in [1.54, 1.807) is 24.3 Å². The number of piperazine rings is 1. The number of aryl methyl sites for hydroxylation is 2. The zero-order chi connectivity index (χ0) is 19.1. The third kappa shape index (κ3) is 3.15. The van der Waals surface area contributed by atoms with Crippen molar-refractivity contribution in [3.05, 3.63) is 79.1 Å². The summed E-state index contributed by atoms with van der Waals surface area (Å²) in [4.78, 5) is 28.8. The van der Waals surface area contributed by atoms with Crippen LogP contribution in [-0.4, -0.2) is 26.2 Å². The molecule has 1 fully saturated rings. The van der Waals surface area contributed by atoms with Crippen molar-refractivity contribution in [2.45, 2.75) is 13.8 Å². The molecule has 138 valence electrons. The van der Waals surface area contributed by atoms with Crippen molar-refractivity contribution in [3.8, 4) is 11.1 Å². The molecule has 1 saturated heterocycles. The molecule has 4 rings (SSSR count). The first-order valence-electron chi connectivity index (χ1n) is 9.12. The zero-order valence-electron chi connectivity index (χ0n) is 15.5. The predicted molar refractivity (Wildman–Crippen MR) is 112 cm³/mol. The van der Waals surface area contributed by atoms with Gasteiger partial charge in [0.15, 0.2) is 0 Å². The van der Waals surface area contributed by atoms with Gasteiger partial charge in [0.25, 0.3) is 0 Å². The molecule has 0 radical (unpaired) electrons. The van der Waals surface area contributed by atoms with Crippen molar-refractivity contribution in [1.29, 1.82) is 0 Å². The van der Waals surface area contributed by atoms with Gasteiger partial charge in [-0.15, -0.1) is 0 Å². The molecule has 1 aliphatic heterocycles. The fourth-order valence-electron chi connectivity index (χ4n) is 3.90. The average Bonchev–Trinajstić information content (AvgIpc) is 2.67. The molecule has 0 amide bonds. The summed E-state index contributed by atoms with van der Waals surface area (Å²) in [7, 11) is 0. The van der Waals surface area contributed by atoms with Crippen LogP contribution in [0.4, 0.5) is 11.4 Å². The second-order valence-electron chi connectivity index (χ2n) is 7.15. The fraction of sp³-hybridized carbons (Fsp3) is 0.273. The van der Waals surface area contributed by atoms with E-state index in [2.05, 4.69) is 36.9 Å². The Kier molecular flexibility index (Phi) is 4.52. The third-order valence-electron chi connectivity index (χ3n) is 5.31. The van der Waals surface area contributed by atoms with Crippen molar-refractivity contribution in [2.24, 2.45) is 0 Å². The minimum absolute atomic E-state index is 0.375. The monoisotopic (exact) mass is 380 g/mol. The molecule has 0 spiro atoms. The molecular formula is C22H21ClN2O2. The molecule has 1 aliphatic rings. The Morgan fingerprint density at radius 3 is 2.07 bits per heavy atom. The number of nitrogens with zero attached hydrogens (tertiary/aromatic N) is 2. The van der Waals surface area contributed by atoms with Gasteiger partial charge in [-0.05, 0) is 43.2 Å². The van der Waals surface area contributed by atoms with Crippen molar-refractivity contribution in [2.75, 3.05) is 36.0 Å². The maximum Gasteiger partial charge on any atom is 0.250 e. The molecule has 0 aliphatic carbocycles. The van der Waals surface area contributed by atoms with Crippen molar-refractivity contribution >= 4 is 23.0 Å². The molecule has 0 bridgehead atoms. The topological polar surface area (TPSA) is 40.6 Å². The second-order valence-corrected chi connectivity index (χ2v) is 7.59. The lowest BCUT2D eigenvalue weighted by atomic mass is 9.97. The van der Waals surface area contributed by atoms with Crippen LogP contribution >= 0.6 is 11.6 Å². The van der Waals surface area contributed by atoms with E-state index >= 15 is 0 Å². The summed E-state index contributed by atoms with van der Waals surface area (Å²) in [6, 6.07) is 13.6. The van der Waals surface area contributed by atoms with Gasteiger partial charge < -0.3 is 9.80 Å². The molecule has 0 atom stereocenters. The van der Waals surface area contributed by atoms with Crippen molar-refractivity contribution < 1.29 is 0 Å². The van der Waals surface area contributed by atoms with E-state index in [4.69, 9.17) is 11.6 Å². The van der Waals surface area contributed by atoms with Crippen molar-refractivity contribution in [1.82, 2.24) is 0 Å². The van der Waals surface area contributed by atoms with Crippen LogP contribution in [0.5, 0.6) is 0 Å². The molecule has 3 aromatic carbocycles. The van der Waals surface area contributed by atoms with Crippen LogP contribution in [0, 0.1) is 13.8 Å². The Bertz CT molecular complexity index is 1060. The standard InChI is InChI=1S/C22H21ClN2O2/c1-14-3-8-18(15(2)13-14)24-9-11-25(12-10-24)20-19(21(26)22(20)27)16-4-6-17(23)7-5-16/h3-8,13H,9-12H2,1-2H3. The number of rotatable bonds is 3. The molecule has 0 N–H and O–H groups in total. The van der Waals surface area contributed by atoms with E-state index in [0.29, 0.717) is 16.3 Å². The lowest BCUT2D eigenvalue weighted by molar-refractivity contribution is 0.649. The zero-order valence-corrected chi connectivity index (χ0v) is 16.2. The normalized spacial score (nSPS) is 14.8. The molecule has 4 nitrogen and oxygen atoms in total. The van der Waals surface area contributed by atoms with Gasteiger partial charge in [0, 0.05) is 36.9 Å². The van der Waals surface area contributed by atoms with Gasteiger partial charge in [0.1, 0.15) is 5.69 Å². The molecule has 3 aromatic rings. The van der Waals surface area contributed by atoms with E-state index in [1.165, 1.54) is 16.8 Å². The van der Waals surface area contributed by atoms with Crippen LogP contribution in [-0.2, 0) is 0 Å². The Hall–Kier alpha value is -2.59. The minimum Gasteiger partial charge on any atom is -0.368 e. The highest BCUT2D eigenvalue weighted by Crippen LogP contribution is 2.30. The first-order valence-corrected chi connectivity index (χ1v) is 9.50. The third-order valence-corrected chi connectivity index (χ3v) is 5.56. The molecule has 0 aromatic heterocycles. The van der Waals surface area contributed by atoms with E-state index in [-0.39, 0.29) is 5.43 Å². The van der Waals surface area contributed by atoms with Gasteiger partial charge in [-0.2, -0.15) is 0 Å². The van der Waals surface area contributed by atoms with E-state index in [0.717, 1.165) is 31.7 Å². The van der Waals surface area contributed by atoms with Gasteiger partial charge in [-0.25, -0.2) is 0 Å². The fourth-order valence-corrected chi connectivity index (χ4v) is 4.02. The maximum absolute atomic E-state index is 12.3. The Labute approximate surface area is 163 Å². The van der Waals surface area contributed by atoms with Crippen molar-refractivity contribution in [3.63, 3.8) is 0 Å². The summed E-state index contributed by atoms with van der Waals surface area (Å²) in [5.41, 5.74) is 4.83. The first kappa shape index (κ1) is 17.8. The quantitative estimate of drug-likeness (QED) is 0.651. The summed E-state index contributed by atoms with van der Waals surface area (Å²) >= 11 is 5.94. The highest BCUT2D eigenvalue weighted by atomic mass is 35.5. The van der Waals surface area contributed by atoms with Gasteiger partial charge in [0.2, 0.25) is 10.9 Å². The van der Waals surface area contributed by atoms with Crippen LogP contribution in [0.15, 0.2) is 52.1 Å². The summed E-state index contributed by atoms with van der Waals surface area (Å²) in [6.07, 6.45) is 0. The molecule has 1 heterocycles. The van der Waals surface area contributed by atoms with E-state index < -0.39 is 5.43 Å². The molecular weight excluding hydrogens is 360 g/mol. The Morgan fingerprint density at radius 1 is 0.815 bits per heavy atom. The summed E-state index contributed by atoms with van der Waals surface area (Å²) in [6.45, 7) is 7.31. The lowest BCUT2D eigenvalue weighted by Crippen LogP contribution is -2.51. The number of benzene rings is 2. The summed E-state index contributed by atoms with van der Waals surface area (Å²) < 4.78 is 0. The average molecular weight is 381 g/mol. The second kappa shape index (κ2) is 6.86. The van der Waals surface area contributed by atoms with Gasteiger partial charge >= 0.3 is 0 Å². The largest absolute Gasteiger partial charge is 0.368 e. The Balaban J connectivity index is 1.56. The first-order chi connectivity index (χ1) is 13.0. The number of hydrogen-bond donors (Lipinski definition) is 0. The van der Waals surface area contributed by atoms with Gasteiger partial charge in [-0.1, -0.05) is 41.4 Å². The highest BCUT2D eigenvalue weighted by molar-refractivity contribution is 6.30.